The third-order valence-electron chi connectivity index (χ3n) is 6.08. The lowest BCUT2D eigenvalue weighted by Gasteiger charge is -2.23. The van der Waals surface area contributed by atoms with Crippen molar-refractivity contribution in [1.82, 2.24) is 14.5 Å². The van der Waals surface area contributed by atoms with Crippen LogP contribution in [0.2, 0.25) is 0 Å². The molecule has 8 nitrogen and oxygen atoms in total. The standard InChI is InChI=1S/C24H24N4O4S/c1-14-10-15-11-16(5-6-20(15)28(14)24(30)31)26-18-7-8-25-19-12-21(33-22(18)19)23(29)27-9-3-4-17(27)13-32-2/h5-8,10-12,17H,3-4,9,13H2,1-2H3,(H,25,26)(H,30,31). The summed E-state index contributed by atoms with van der Waals surface area (Å²) < 4.78 is 7.47. The number of carbonyl (C=O) groups is 2. The lowest BCUT2D eigenvalue weighted by atomic mass is 10.2. The number of thiophene rings is 1. The number of rotatable bonds is 5. The first-order chi connectivity index (χ1) is 16.0. The summed E-state index contributed by atoms with van der Waals surface area (Å²) in [6.45, 7) is 3.07. The number of pyridine rings is 1. The van der Waals surface area contributed by atoms with Gasteiger partial charge in [-0.1, -0.05) is 0 Å². The molecule has 1 atom stereocenters. The number of aryl methyl sites for hydroxylation is 1. The number of fused-ring (bicyclic) bond motifs is 2. The van der Waals surface area contributed by atoms with Crippen LogP contribution in [0.3, 0.4) is 0 Å². The molecule has 1 aliphatic heterocycles. The van der Waals surface area contributed by atoms with Crippen molar-refractivity contribution in [2.24, 2.45) is 0 Å². The van der Waals surface area contributed by atoms with Gasteiger partial charge in [-0.3, -0.25) is 14.3 Å². The minimum absolute atomic E-state index is 0.0235. The van der Waals surface area contributed by atoms with Gasteiger partial charge in [0.1, 0.15) is 0 Å². The average molecular weight is 465 g/mol. The van der Waals surface area contributed by atoms with Crippen molar-refractivity contribution < 1.29 is 19.4 Å². The second-order valence-corrected chi connectivity index (χ2v) is 9.29. The molecule has 1 aliphatic rings. The van der Waals surface area contributed by atoms with E-state index >= 15 is 0 Å². The molecule has 0 spiro atoms. The summed E-state index contributed by atoms with van der Waals surface area (Å²) in [6.07, 6.45) is 2.67. The Morgan fingerprint density at radius 2 is 2.12 bits per heavy atom. The molecule has 2 N–H and O–H groups in total. The van der Waals surface area contributed by atoms with E-state index in [1.54, 1.807) is 26.3 Å². The first-order valence-corrected chi connectivity index (χ1v) is 11.6. The molecular weight excluding hydrogens is 440 g/mol. The predicted molar refractivity (Wildman–Crippen MR) is 129 cm³/mol. The maximum Gasteiger partial charge on any atom is 0.416 e. The number of ether oxygens (including phenoxy) is 1. The van der Waals surface area contributed by atoms with Gasteiger partial charge in [0.15, 0.2) is 0 Å². The molecule has 1 unspecified atom stereocenters. The summed E-state index contributed by atoms with van der Waals surface area (Å²) in [6, 6.07) is 11.3. The van der Waals surface area contributed by atoms with Crippen molar-refractivity contribution in [3.05, 3.63) is 53.2 Å². The Labute approximate surface area is 194 Å². The van der Waals surface area contributed by atoms with E-state index in [9.17, 15) is 14.7 Å². The SMILES string of the molecule is COCC1CCCN1C(=O)c1cc2nccc(Nc3ccc4c(c3)cc(C)n4C(=O)O)c2s1. The van der Waals surface area contributed by atoms with Gasteiger partial charge in [0.05, 0.1) is 38.9 Å². The van der Waals surface area contributed by atoms with Gasteiger partial charge in [0, 0.05) is 36.6 Å². The number of amides is 1. The first kappa shape index (κ1) is 21.4. The molecule has 33 heavy (non-hydrogen) atoms. The van der Waals surface area contributed by atoms with E-state index in [2.05, 4.69) is 10.3 Å². The fourth-order valence-corrected chi connectivity index (χ4v) is 5.63. The monoisotopic (exact) mass is 464 g/mol. The summed E-state index contributed by atoms with van der Waals surface area (Å²) in [7, 11) is 1.66. The topological polar surface area (TPSA) is 96.7 Å². The number of methoxy groups -OCH3 is 1. The molecule has 1 saturated heterocycles. The predicted octanol–water partition coefficient (Wildman–Crippen LogP) is 5.08. The maximum absolute atomic E-state index is 13.2. The Kier molecular flexibility index (Phi) is 5.51. The quantitative estimate of drug-likeness (QED) is 0.428. The van der Waals surface area contributed by atoms with Gasteiger partial charge in [-0.15, -0.1) is 11.3 Å². The number of benzene rings is 1. The van der Waals surface area contributed by atoms with Gasteiger partial charge in [-0.25, -0.2) is 4.79 Å². The minimum atomic E-state index is -0.999. The van der Waals surface area contributed by atoms with E-state index in [1.807, 2.05) is 35.2 Å². The van der Waals surface area contributed by atoms with Crippen LogP contribution in [0.25, 0.3) is 21.1 Å². The highest BCUT2D eigenvalue weighted by atomic mass is 32.1. The minimum Gasteiger partial charge on any atom is -0.464 e. The molecule has 5 rings (SSSR count). The highest BCUT2D eigenvalue weighted by Crippen LogP contribution is 2.35. The zero-order chi connectivity index (χ0) is 23.1. The fraction of sp³-hybridized carbons (Fsp3) is 0.292. The normalized spacial score (nSPS) is 16.1. The zero-order valence-electron chi connectivity index (χ0n) is 18.4. The van der Waals surface area contributed by atoms with E-state index in [0.29, 0.717) is 22.7 Å². The number of carbonyl (C=O) groups excluding carboxylic acids is 1. The fourth-order valence-electron chi connectivity index (χ4n) is 4.59. The molecule has 9 heteroatoms. The summed E-state index contributed by atoms with van der Waals surface area (Å²) in [4.78, 5) is 31.8. The largest absolute Gasteiger partial charge is 0.464 e. The van der Waals surface area contributed by atoms with Crippen molar-refractivity contribution in [3.8, 4) is 0 Å². The van der Waals surface area contributed by atoms with Crippen molar-refractivity contribution in [1.29, 1.82) is 0 Å². The Bertz CT molecular complexity index is 1380. The molecule has 3 aromatic heterocycles. The van der Waals surface area contributed by atoms with Gasteiger partial charge in [-0.2, -0.15) is 0 Å². The second kappa shape index (κ2) is 8.49. The van der Waals surface area contributed by atoms with Crippen LogP contribution in [0.5, 0.6) is 0 Å². The molecule has 170 valence electrons. The number of aromatic nitrogens is 2. The Morgan fingerprint density at radius 3 is 2.91 bits per heavy atom. The molecule has 0 saturated carbocycles. The van der Waals surface area contributed by atoms with Crippen LogP contribution in [-0.2, 0) is 4.74 Å². The number of carboxylic acid groups (broad SMARTS) is 1. The van der Waals surface area contributed by atoms with Crippen molar-refractivity contribution in [2.75, 3.05) is 25.6 Å². The molecule has 4 aromatic rings. The van der Waals surface area contributed by atoms with E-state index in [-0.39, 0.29) is 11.9 Å². The van der Waals surface area contributed by atoms with Gasteiger partial charge in [-0.05, 0) is 56.2 Å². The van der Waals surface area contributed by atoms with E-state index < -0.39 is 6.09 Å². The Balaban J connectivity index is 1.45. The van der Waals surface area contributed by atoms with Crippen LogP contribution in [-0.4, -0.2) is 57.9 Å². The lowest BCUT2D eigenvalue weighted by molar-refractivity contribution is 0.0635. The Morgan fingerprint density at radius 1 is 1.27 bits per heavy atom. The average Bonchev–Trinajstić information content (AvgIpc) is 3.49. The van der Waals surface area contributed by atoms with Crippen molar-refractivity contribution >= 4 is 55.8 Å². The number of anilines is 2. The number of nitrogens with zero attached hydrogens (tertiary/aromatic N) is 3. The molecular formula is C24H24N4O4S. The van der Waals surface area contributed by atoms with Crippen LogP contribution >= 0.6 is 11.3 Å². The second-order valence-electron chi connectivity index (χ2n) is 8.24. The van der Waals surface area contributed by atoms with Crippen LogP contribution in [0.4, 0.5) is 16.2 Å². The van der Waals surface area contributed by atoms with Crippen molar-refractivity contribution in [3.63, 3.8) is 0 Å². The van der Waals surface area contributed by atoms with Crippen LogP contribution < -0.4 is 5.32 Å². The summed E-state index contributed by atoms with van der Waals surface area (Å²) in [5, 5.41) is 13.7. The van der Waals surface area contributed by atoms with Gasteiger partial charge >= 0.3 is 6.09 Å². The summed E-state index contributed by atoms with van der Waals surface area (Å²) >= 11 is 1.43. The van der Waals surface area contributed by atoms with Crippen molar-refractivity contribution in [2.45, 2.75) is 25.8 Å². The summed E-state index contributed by atoms with van der Waals surface area (Å²) in [5.41, 5.74) is 3.76. The molecule has 0 bridgehead atoms. The van der Waals surface area contributed by atoms with Crippen LogP contribution in [0, 0.1) is 6.92 Å². The molecule has 1 amide bonds. The van der Waals surface area contributed by atoms with Gasteiger partial charge in [0.2, 0.25) is 0 Å². The van der Waals surface area contributed by atoms with Gasteiger partial charge in [0.25, 0.3) is 5.91 Å². The lowest BCUT2D eigenvalue weighted by Crippen LogP contribution is -2.37. The molecule has 0 aliphatic carbocycles. The highest BCUT2D eigenvalue weighted by molar-refractivity contribution is 7.21. The zero-order valence-corrected chi connectivity index (χ0v) is 19.2. The van der Waals surface area contributed by atoms with E-state index in [1.165, 1.54) is 15.9 Å². The van der Waals surface area contributed by atoms with Crippen LogP contribution in [0.15, 0.2) is 42.6 Å². The number of likely N-dealkylation sites (tertiary alicyclic amines) is 1. The number of hydrogen-bond acceptors (Lipinski definition) is 6. The molecule has 1 fully saturated rings. The Hall–Kier alpha value is -3.43. The third kappa shape index (κ3) is 3.83. The smallest absolute Gasteiger partial charge is 0.416 e. The third-order valence-corrected chi connectivity index (χ3v) is 7.22. The van der Waals surface area contributed by atoms with Crippen LogP contribution in [0.1, 0.15) is 28.2 Å². The molecule has 1 aromatic carbocycles. The first-order valence-electron chi connectivity index (χ1n) is 10.8. The number of nitrogens with one attached hydrogen (secondary N) is 1. The summed E-state index contributed by atoms with van der Waals surface area (Å²) in [5.74, 6) is 0.0235. The number of hydrogen-bond donors (Lipinski definition) is 2. The van der Waals surface area contributed by atoms with E-state index in [4.69, 9.17) is 4.74 Å². The molecule has 4 heterocycles. The van der Waals surface area contributed by atoms with Gasteiger partial charge < -0.3 is 20.1 Å². The molecule has 0 radical (unpaired) electrons. The van der Waals surface area contributed by atoms with E-state index in [0.717, 1.165) is 46.4 Å². The maximum atomic E-state index is 13.2. The highest BCUT2D eigenvalue weighted by Gasteiger charge is 2.30.